The number of aryl methyl sites for hydroxylation is 2. The molecule has 3 aromatic carbocycles. The van der Waals surface area contributed by atoms with Gasteiger partial charge < -0.3 is 20.1 Å². The highest BCUT2D eigenvalue weighted by Gasteiger charge is 2.51. The van der Waals surface area contributed by atoms with Crippen LogP contribution in [-0.2, 0) is 21.4 Å². The SMILES string of the molecule is CCc1cc(-c2cc(NC(=O)C3(c4ccc5c(c4)OCO5)CC3)ccc2C)ccc1NC(C)=O.[HH]. The van der Waals surface area contributed by atoms with Crippen LogP contribution in [0.5, 0.6) is 11.5 Å². The highest BCUT2D eigenvalue weighted by atomic mass is 16.7. The van der Waals surface area contributed by atoms with Gasteiger partial charge in [0.05, 0.1) is 5.41 Å². The van der Waals surface area contributed by atoms with Gasteiger partial charge in [-0.25, -0.2) is 0 Å². The second-order valence-corrected chi connectivity index (χ2v) is 9.04. The lowest BCUT2D eigenvalue weighted by molar-refractivity contribution is -0.118. The summed E-state index contributed by atoms with van der Waals surface area (Å²) < 4.78 is 10.9. The highest BCUT2D eigenvalue weighted by Crippen LogP contribution is 2.51. The summed E-state index contributed by atoms with van der Waals surface area (Å²) >= 11 is 0. The third-order valence-electron chi connectivity index (χ3n) is 6.71. The normalized spacial score (nSPS) is 15.0. The number of fused-ring (bicyclic) bond motifs is 1. The number of rotatable bonds is 6. The standard InChI is InChI=1S/C28H28N2O4.H2/c1-4-19-13-20(6-9-24(19)29-18(3)31)23-15-22(8-5-17(23)2)30-27(32)28(11-12-28)21-7-10-25-26(14-21)34-16-33-25;/h5-10,13-15H,4,11-12,16H2,1-3H3,(H,29,31)(H,30,32);1H. The third kappa shape index (κ3) is 4.00. The van der Waals surface area contributed by atoms with Gasteiger partial charge in [0.25, 0.3) is 0 Å². The summed E-state index contributed by atoms with van der Waals surface area (Å²) in [5.74, 6) is 1.33. The molecular weight excluding hydrogens is 428 g/mol. The molecule has 0 bridgehead atoms. The second kappa shape index (κ2) is 8.52. The highest BCUT2D eigenvalue weighted by molar-refractivity contribution is 6.02. The Hall–Kier alpha value is -3.80. The van der Waals surface area contributed by atoms with Crippen LogP contribution in [0.4, 0.5) is 11.4 Å². The molecule has 3 aromatic rings. The number of amides is 2. The predicted octanol–water partition coefficient (Wildman–Crippen LogP) is 5.83. The molecule has 5 rings (SSSR count). The van der Waals surface area contributed by atoms with Crippen molar-refractivity contribution in [3.05, 3.63) is 71.3 Å². The molecule has 6 heteroatoms. The lowest BCUT2D eigenvalue weighted by atomic mass is 9.93. The molecule has 0 saturated heterocycles. The Kier molecular flexibility index (Phi) is 5.52. The molecule has 6 nitrogen and oxygen atoms in total. The molecule has 34 heavy (non-hydrogen) atoms. The van der Waals surface area contributed by atoms with Crippen LogP contribution in [0.25, 0.3) is 11.1 Å². The minimum Gasteiger partial charge on any atom is -0.454 e. The fourth-order valence-electron chi connectivity index (χ4n) is 4.59. The number of hydrogen-bond acceptors (Lipinski definition) is 4. The Morgan fingerprint density at radius 1 is 0.971 bits per heavy atom. The summed E-state index contributed by atoms with van der Waals surface area (Å²) in [6, 6.07) is 17.8. The van der Waals surface area contributed by atoms with Crippen LogP contribution < -0.4 is 20.1 Å². The fraction of sp³-hybridized carbons (Fsp3) is 0.286. The predicted molar refractivity (Wildman–Crippen MR) is 135 cm³/mol. The monoisotopic (exact) mass is 458 g/mol. The van der Waals surface area contributed by atoms with Crippen molar-refractivity contribution in [2.75, 3.05) is 17.4 Å². The summed E-state index contributed by atoms with van der Waals surface area (Å²) in [6.07, 6.45) is 2.42. The van der Waals surface area contributed by atoms with Crippen LogP contribution >= 0.6 is 0 Å². The van der Waals surface area contributed by atoms with E-state index in [0.29, 0.717) is 5.75 Å². The van der Waals surface area contributed by atoms with Gasteiger partial charge in [0, 0.05) is 19.7 Å². The minimum absolute atomic E-state index is 0. The van der Waals surface area contributed by atoms with Gasteiger partial charge in [-0.1, -0.05) is 25.1 Å². The van der Waals surface area contributed by atoms with Gasteiger partial charge in [0.2, 0.25) is 18.6 Å². The lowest BCUT2D eigenvalue weighted by Crippen LogP contribution is -2.27. The Labute approximate surface area is 200 Å². The first kappa shape index (κ1) is 22.0. The number of nitrogens with one attached hydrogen (secondary N) is 2. The zero-order chi connectivity index (χ0) is 23.9. The van der Waals surface area contributed by atoms with Crippen molar-refractivity contribution in [2.45, 2.75) is 45.4 Å². The second-order valence-electron chi connectivity index (χ2n) is 9.04. The Morgan fingerprint density at radius 3 is 2.50 bits per heavy atom. The molecule has 1 aliphatic heterocycles. The molecule has 2 N–H and O–H groups in total. The smallest absolute Gasteiger partial charge is 0.235 e. The van der Waals surface area contributed by atoms with E-state index in [1.54, 1.807) is 0 Å². The van der Waals surface area contributed by atoms with E-state index in [-0.39, 0.29) is 20.0 Å². The first-order chi connectivity index (χ1) is 16.4. The number of benzene rings is 3. The van der Waals surface area contributed by atoms with Crippen molar-refractivity contribution >= 4 is 23.2 Å². The zero-order valence-electron chi connectivity index (χ0n) is 19.7. The number of hydrogen-bond donors (Lipinski definition) is 2. The Bertz CT molecular complexity index is 1300. The van der Waals surface area contributed by atoms with Crippen LogP contribution in [0.15, 0.2) is 54.6 Å². The van der Waals surface area contributed by atoms with E-state index in [0.717, 1.165) is 64.2 Å². The molecule has 0 spiro atoms. The fourth-order valence-corrected chi connectivity index (χ4v) is 4.59. The van der Waals surface area contributed by atoms with Gasteiger partial charge >= 0.3 is 0 Å². The topological polar surface area (TPSA) is 76.7 Å². The molecule has 1 fully saturated rings. The summed E-state index contributed by atoms with van der Waals surface area (Å²) in [6.45, 7) is 5.86. The number of anilines is 2. The number of carbonyl (C=O) groups excluding carboxylic acids is 2. The van der Waals surface area contributed by atoms with E-state index in [2.05, 4.69) is 30.5 Å². The zero-order valence-corrected chi connectivity index (χ0v) is 19.7. The first-order valence-electron chi connectivity index (χ1n) is 11.6. The molecule has 1 saturated carbocycles. The summed E-state index contributed by atoms with van der Waals surface area (Å²) in [7, 11) is 0. The van der Waals surface area contributed by atoms with Crippen LogP contribution in [0.1, 0.15) is 44.8 Å². The van der Waals surface area contributed by atoms with Gasteiger partial charge in [-0.05, 0) is 90.4 Å². The molecule has 0 unspecified atom stereocenters. The first-order valence-corrected chi connectivity index (χ1v) is 11.6. The van der Waals surface area contributed by atoms with E-state index in [1.807, 2.05) is 48.5 Å². The molecule has 0 aromatic heterocycles. The van der Waals surface area contributed by atoms with E-state index in [9.17, 15) is 9.59 Å². The van der Waals surface area contributed by atoms with Crippen molar-refractivity contribution in [2.24, 2.45) is 0 Å². The Balaban J connectivity index is 0.00000289. The largest absolute Gasteiger partial charge is 0.454 e. The number of ether oxygens (including phenoxy) is 2. The third-order valence-corrected chi connectivity index (χ3v) is 6.71. The van der Waals surface area contributed by atoms with Gasteiger partial charge in [-0.3, -0.25) is 9.59 Å². The van der Waals surface area contributed by atoms with Crippen LogP contribution in [0, 0.1) is 6.92 Å². The van der Waals surface area contributed by atoms with Crippen LogP contribution in [0.3, 0.4) is 0 Å². The van der Waals surface area contributed by atoms with E-state index in [4.69, 9.17) is 9.47 Å². The average molecular weight is 459 g/mol. The van der Waals surface area contributed by atoms with Crippen molar-refractivity contribution in [3.63, 3.8) is 0 Å². The van der Waals surface area contributed by atoms with Crippen molar-refractivity contribution < 1.29 is 20.5 Å². The maximum absolute atomic E-state index is 13.4. The van der Waals surface area contributed by atoms with E-state index >= 15 is 0 Å². The summed E-state index contributed by atoms with van der Waals surface area (Å²) in [5, 5.41) is 6.04. The molecule has 2 amide bonds. The van der Waals surface area contributed by atoms with Crippen molar-refractivity contribution in [3.8, 4) is 22.6 Å². The lowest BCUT2D eigenvalue weighted by Gasteiger charge is -2.18. The van der Waals surface area contributed by atoms with Crippen molar-refractivity contribution in [1.29, 1.82) is 0 Å². The molecular formula is C28H30N2O4. The maximum atomic E-state index is 13.4. The minimum atomic E-state index is -0.526. The van der Waals surface area contributed by atoms with E-state index < -0.39 is 5.41 Å². The van der Waals surface area contributed by atoms with Gasteiger partial charge in [0.15, 0.2) is 11.5 Å². The molecule has 1 aliphatic carbocycles. The van der Waals surface area contributed by atoms with Gasteiger partial charge in [0.1, 0.15) is 0 Å². The maximum Gasteiger partial charge on any atom is 0.235 e. The van der Waals surface area contributed by atoms with E-state index in [1.165, 1.54) is 6.92 Å². The average Bonchev–Trinajstić information content (AvgIpc) is 3.51. The summed E-state index contributed by atoms with van der Waals surface area (Å²) in [5.41, 5.74) is 6.32. The molecule has 0 atom stereocenters. The quantitative estimate of drug-likeness (QED) is 0.487. The molecule has 0 radical (unpaired) electrons. The number of carbonyl (C=O) groups is 2. The molecule has 2 aliphatic rings. The van der Waals surface area contributed by atoms with Gasteiger partial charge in [-0.15, -0.1) is 0 Å². The van der Waals surface area contributed by atoms with Crippen LogP contribution in [-0.4, -0.2) is 18.6 Å². The molecule has 1 heterocycles. The molecule has 176 valence electrons. The summed E-state index contributed by atoms with van der Waals surface area (Å²) in [4.78, 5) is 24.9. The van der Waals surface area contributed by atoms with Crippen LogP contribution in [0.2, 0.25) is 0 Å². The van der Waals surface area contributed by atoms with Crippen molar-refractivity contribution in [1.82, 2.24) is 0 Å². The van der Waals surface area contributed by atoms with Gasteiger partial charge in [-0.2, -0.15) is 0 Å². The Morgan fingerprint density at radius 2 is 1.76 bits per heavy atom.